The minimum Gasteiger partial charge on any atom is -0.478 e. The number of benzene rings is 1. The molecule has 1 aliphatic heterocycles. The van der Waals surface area contributed by atoms with Gasteiger partial charge in [-0.25, -0.2) is 9.59 Å². The van der Waals surface area contributed by atoms with E-state index in [9.17, 15) is 14.7 Å². The highest BCUT2D eigenvalue weighted by Gasteiger charge is 2.30. The number of nitrogens with one attached hydrogen (secondary N) is 1. The van der Waals surface area contributed by atoms with Crippen molar-refractivity contribution in [3.63, 3.8) is 0 Å². The van der Waals surface area contributed by atoms with Crippen molar-refractivity contribution in [3.8, 4) is 0 Å². The highest BCUT2D eigenvalue weighted by atomic mass is 16.4. The van der Waals surface area contributed by atoms with Gasteiger partial charge in [0.1, 0.15) is 0 Å². The Kier molecular flexibility index (Phi) is 3.97. The quantitative estimate of drug-likeness (QED) is 0.872. The molecule has 0 saturated carbocycles. The van der Waals surface area contributed by atoms with Crippen molar-refractivity contribution < 1.29 is 14.7 Å². The van der Waals surface area contributed by atoms with E-state index in [-0.39, 0.29) is 17.6 Å². The van der Waals surface area contributed by atoms with Crippen LogP contribution in [0.4, 0.5) is 10.5 Å². The average Bonchev–Trinajstić information content (AvgIpc) is 2.70. The summed E-state index contributed by atoms with van der Waals surface area (Å²) in [7, 11) is 0. The molecule has 2 rings (SSSR count). The number of anilines is 1. The molecule has 2 atom stereocenters. The summed E-state index contributed by atoms with van der Waals surface area (Å²) in [6.45, 7) is 6.62. The molecule has 1 fully saturated rings. The van der Waals surface area contributed by atoms with Gasteiger partial charge >= 0.3 is 12.0 Å². The molecule has 0 aliphatic carbocycles. The molecule has 0 bridgehead atoms. The molecule has 5 heteroatoms. The molecule has 1 aromatic carbocycles. The molecule has 2 amide bonds. The Morgan fingerprint density at radius 1 is 1.35 bits per heavy atom. The Morgan fingerprint density at radius 3 is 2.60 bits per heavy atom. The zero-order chi connectivity index (χ0) is 14.9. The number of carboxylic acids is 1. The van der Waals surface area contributed by atoms with Crippen molar-refractivity contribution >= 4 is 17.7 Å². The molecule has 0 radical (unpaired) electrons. The second-order valence-corrected chi connectivity index (χ2v) is 5.58. The fourth-order valence-corrected chi connectivity index (χ4v) is 2.77. The molecule has 1 saturated heterocycles. The Morgan fingerprint density at radius 2 is 2.05 bits per heavy atom. The first-order valence-corrected chi connectivity index (χ1v) is 6.80. The van der Waals surface area contributed by atoms with E-state index in [2.05, 4.69) is 12.2 Å². The van der Waals surface area contributed by atoms with Gasteiger partial charge in [-0.2, -0.15) is 0 Å². The van der Waals surface area contributed by atoms with E-state index in [1.54, 1.807) is 24.0 Å². The second-order valence-electron chi connectivity index (χ2n) is 5.58. The lowest BCUT2D eigenvalue weighted by Gasteiger charge is -2.23. The van der Waals surface area contributed by atoms with Crippen LogP contribution in [0.5, 0.6) is 0 Å². The molecular formula is C15H20N2O3. The third-order valence-electron chi connectivity index (χ3n) is 3.78. The number of aromatic carboxylic acids is 1. The largest absolute Gasteiger partial charge is 0.478 e. The molecule has 5 nitrogen and oxygen atoms in total. The van der Waals surface area contributed by atoms with Crippen LogP contribution in [0.2, 0.25) is 0 Å². The molecular weight excluding hydrogens is 256 g/mol. The van der Waals surface area contributed by atoms with Crippen molar-refractivity contribution in [3.05, 3.63) is 29.3 Å². The lowest BCUT2D eigenvalue weighted by atomic mass is 10.1. The lowest BCUT2D eigenvalue weighted by Crippen LogP contribution is -2.38. The smallest absolute Gasteiger partial charge is 0.337 e. The predicted molar refractivity (Wildman–Crippen MR) is 77.1 cm³/mol. The molecule has 20 heavy (non-hydrogen) atoms. The van der Waals surface area contributed by atoms with Crippen LogP contribution in [0.15, 0.2) is 18.2 Å². The van der Waals surface area contributed by atoms with Crippen LogP contribution in [0, 0.1) is 12.8 Å². The van der Waals surface area contributed by atoms with Gasteiger partial charge in [-0.05, 0) is 37.8 Å². The maximum absolute atomic E-state index is 12.3. The Labute approximate surface area is 118 Å². The van der Waals surface area contributed by atoms with E-state index < -0.39 is 5.97 Å². The summed E-state index contributed by atoms with van der Waals surface area (Å²) in [5.41, 5.74) is 1.26. The van der Waals surface area contributed by atoms with Crippen LogP contribution in [0.25, 0.3) is 0 Å². The summed E-state index contributed by atoms with van der Waals surface area (Å²) in [4.78, 5) is 25.3. The van der Waals surface area contributed by atoms with Gasteiger partial charge in [-0.1, -0.05) is 19.1 Å². The Balaban J connectivity index is 2.22. The van der Waals surface area contributed by atoms with Gasteiger partial charge in [0.25, 0.3) is 0 Å². The van der Waals surface area contributed by atoms with Crippen LogP contribution in [0.1, 0.15) is 36.2 Å². The first-order valence-electron chi connectivity index (χ1n) is 6.80. The fourth-order valence-electron chi connectivity index (χ4n) is 2.77. The number of aryl methyl sites for hydroxylation is 1. The topological polar surface area (TPSA) is 69.6 Å². The molecule has 108 valence electrons. The minimum absolute atomic E-state index is 0.123. The second kappa shape index (κ2) is 5.53. The number of hydrogen-bond acceptors (Lipinski definition) is 2. The summed E-state index contributed by atoms with van der Waals surface area (Å²) in [6.07, 6.45) is 0.979. The van der Waals surface area contributed by atoms with Crippen molar-refractivity contribution in [1.29, 1.82) is 0 Å². The van der Waals surface area contributed by atoms with Crippen LogP contribution >= 0.6 is 0 Å². The van der Waals surface area contributed by atoms with Crippen molar-refractivity contribution in [2.75, 3.05) is 11.9 Å². The van der Waals surface area contributed by atoms with Crippen LogP contribution in [0.3, 0.4) is 0 Å². The van der Waals surface area contributed by atoms with Gasteiger partial charge < -0.3 is 15.3 Å². The summed E-state index contributed by atoms with van der Waals surface area (Å²) in [6, 6.07) is 4.93. The van der Waals surface area contributed by atoms with Gasteiger partial charge in [0.05, 0.1) is 11.3 Å². The van der Waals surface area contributed by atoms with E-state index in [4.69, 9.17) is 0 Å². The number of hydrogen-bond donors (Lipinski definition) is 2. The SMILES string of the molecule is Cc1cccc(C(=O)O)c1NC(=O)N1CC(C)CC1C. The average molecular weight is 276 g/mol. The molecule has 1 aliphatic rings. The number of amides is 2. The number of carbonyl (C=O) groups excluding carboxylic acids is 1. The molecule has 2 N–H and O–H groups in total. The van der Waals surface area contributed by atoms with E-state index in [0.717, 1.165) is 12.0 Å². The van der Waals surface area contributed by atoms with Gasteiger partial charge in [0.15, 0.2) is 0 Å². The zero-order valence-electron chi connectivity index (χ0n) is 12.0. The van der Waals surface area contributed by atoms with Crippen molar-refractivity contribution in [2.45, 2.75) is 33.2 Å². The predicted octanol–water partition coefficient (Wildman–Crippen LogP) is 2.96. The van der Waals surface area contributed by atoms with Crippen LogP contribution in [-0.2, 0) is 0 Å². The number of urea groups is 1. The number of likely N-dealkylation sites (tertiary alicyclic amines) is 1. The van der Waals surface area contributed by atoms with E-state index in [1.807, 2.05) is 6.92 Å². The first kappa shape index (κ1) is 14.4. The number of nitrogens with zero attached hydrogens (tertiary/aromatic N) is 1. The summed E-state index contributed by atoms with van der Waals surface area (Å²) >= 11 is 0. The van der Waals surface area contributed by atoms with Gasteiger partial charge in [0.2, 0.25) is 0 Å². The lowest BCUT2D eigenvalue weighted by molar-refractivity contribution is 0.0698. The van der Waals surface area contributed by atoms with Gasteiger partial charge in [-0.15, -0.1) is 0 Å². The standard InChI is InChI=1S/C15H20N2O3/c1-9-7-11(3)17(8-9)15(20)16-13-10(2)5-4-6-12(13)14(18)19/h4-6,9,11H,7-8H2,1-3H3,(H,16,20)(H,18,19). The maximum atomic E-state index is 12.3. The van der Waals surface area contributed by atoms with E-state index >= 15 is 0 Å². The molecule has 1 heterocycles. The minimum atomic E-state index is -1.04. The van der Waals surface area contributed by atoms with Crippen molar-refractivity contribution in [1.82, 2.24) is 4.90 Å². The van der Waals surface area contributed by atoms with Crippen LogP contribution < -0.4 is 5.32 Å². The third-order valence-corrected chi connectivity index (χ3v) is 3.78. The van der Waals surface area contributed by atoms with E-state index in [0.29, 0.717) is 18.2 Å². The van der Waals surface area contributed by atoms with E-state index in [1.165, 1.54) is 6.07 Å². The number of carbonyl (C=O) groups is 2. The first-order chi connectivity index (χ1) is 9.40. The summed E-state index contributed by atoms with van der Waals surface area (Å²) in [5, 5.41) is 12.0. The number of para-hydroxylation sites is 1. The highest BCUT2D eigenvalue weighted by molar-refractivity contribution is 6.01. The normalized spacial score (nSPS) is 21.9. The van der Waals surface area contributed by atoms with Gasteiger partial charge in [0, 0.05) is 12.6 Å². The number of rotatable bonds is 2. The zero-order valence-corrected chi connectivity index (χ0v) is 12.0. The Hall–Kier alpha value is -2.04. The van der Waals surface area contributed by atoms with Crippen LogP contribution in [-0.4, -0.2) is 34.6 Å². The summed E-state index contributed by atoms with van der Waals surface area (Å²) in [5.74, 6) is -0.557. The molecule has 0 aromatic heterocycles. The molecule has 2 unspecified atom stereocenters. The monoisotopic (exact) mass is 276 g/mol. The summed E-state index contributed by atoms with van der Waals surface area (Å²) < 4.78 is 0. The third kappa shape index (κ3) is 2.76. The molecule has 0 spiro atoms. The van der Waals surface area contributed by atoms with Crippen molar-refractivity contribution in [2.24, 2.45) is 5.92 Å². The molecule has 1 aromatic rings. The Bertz CT molecular complexity index is 542. The fraction of sp³-hybridized carbons (Fsp3) is 0.467. The van der Waals surface area contributed by atoms with Gasteiger partial charge in [-0.3, -0.25) is 0 Å². The maximum Gasteiger partial charge on any atom is 0.337 e. The number of carboxylic acid groups (broad SMARTS) is 1. The highest BCUT2D eigenvalue weighted by Crippen LogP contribution is 2.25.